The second-order valence-corrected chi connectivity index (χ2v) is 3.76. The predicted molar refractivity (Wildman–Crippen MR) is 63.1 cm³/mol. The largest absolute Gasteiger partial charge is 0.481 e. The molecule has 4 nitrogen and oxygen atoms in total. The van der Waals surface area contributed by atoms with Crippen LogP contribution in [-0.4, -0.2) is 23.7 Å². The number of hydrogen-bond acceptors (Lipinski definition) is 3. The van der Waals surface area contributed by atoms with E-state index in [1.165, 1.54) is 0 Å². The summed E-state index contributed by atoms with van der Waals surface area (Å²) in [7, 11) is 0. The van der Waals surface area contributed by atoms with Crippen molar-refractivity contribution in [3.05, 3.63) is 34.9 Å². The average molecular weight is 236 g/mol. The molecule has 0 spiro atoms. The number of benzene rings is 1. The average Bonchev–Trinajstić information content (AvgIpc) is 2.27. The zero-order valence-corrected chi connectivity index (χ0v) is 10.0. The molecule has 17 heavy (non-hydrogen) atoms. The first-order valence-electron chi connectivity index (χ1n) is 5.53. The summed E-state index contributed by atoms with van der Waals surface area (Å²) in [6.07, 6.45) is 0.573. The number of carboxylic acid groups (broad SMARTS) is 1. The summed E-state index contributed by atoms with van der Waals surface area (Å²) < 4.78 is 4.89. The highest BCUT2D eigenvalue weighted by atomic mass is 16.5. The highest BCUT2D eigenvalue weighted by Gasteiger charge is 2.09. The summed E-state index contributed by atoms with van der Waals surface area (Å²) >= 11 is 0. The van der Waals surface area contributed by atoms with Gasteiger partial charge in [-0.3, -0.25) is 4.79 Å². The minimum Gasteiger partial charge on any atom is -0.481 e. The van der Waals surface area contributed by atoms with Gasteiger partial charge in [-0.05, 0) is 43.5 Å². The Kier molecular flexibility index (Phi) is 4.69. The third-order valence-electron chi connectivity index (χ3n) is 2.46. The molecule has 92 valence electrons. The van der Waals surface area contributed by atoms with Crippen LogP contribution >= 0.6 is 0 Å². The van der Waals surface area contributed by atoms with Crippen molar-refractivity contribution in [3.8, 4) is 0 Å². The number of carbonyl (C=O) groups excluding carboxylic acids is 1. The highest BCUT2D eigenvalue weighted by Crippen LogP contribution is 2.14. The van der Waals surface area contributed by atoms with E-state index < -0.39 is 5.97 Å². The third kappa shape index (κ3) is 3.90. The van der Waals surface area contributed by atoms with Gasteiger partial charge in [0.25, 0.3) is 0 Å². The number of aryl methyl sites for hydroxylation is 2. The number of rotatable bonds is 5. The summed E-state index contributed by atoms with van der Waals surface area (Å²) in [6, 6.07) is 5.18. The Hall–Kier alpha value is -1.84. The van der Waals surface area contributed by atoms with Gasteiger partial charge < -0.3 is 9.84 Å². The Morgan fingerprint density at radius 1 is 1.35 bits per heavy atom. The van der Waals surface area contributed by atoms with Gasteiger partial charge >= 0.3 is 11.9 Å². The topological polar surface area (TPSA) is 63.6 Å². The van der Waals surface area contributed by atoms with E-state index in [1.54, 1.807) is 25.1 Å². The lowest BCUT2D eigenvalue weighted by atomic mass is 10.0. The minimum absolute atomic E-state index is 0.0968. The lowest BCUT2D eigenvalue weighted by molar-refractivity contribution is -0.136. The van der Waals surface area contributed by atoms with Gasteiger partial charge in [-0.15, -0.1) is 0 Å². The molecular formula is C13H16O4. The maximum atomic E-state index is 11.5. The molecule has 0 aliphatic rings. The zero-order chi connectivity index (χ0) is 12.8. The fourth-order valence-corrected chi connectivity index (χ4v) is 1.56. The number of carboxylic acids is 1. The molecule has 0 amide bonds. The molecule has 0 saturated carbocycles. The van der Waals surface area contributed by atoms with Crippen molar-refractivity contribution in [1.82, 2.24) is 0 Å². The SMILES string of the molecule is CCOC(=O)c1ccc(CCC(=O)O)c(C)c1. The van der Waals surface area contributed by atoms with E-state index in [9.17, 15) is 9.59 Å². The fourth-order valence-electron chi connectivity index (χ4n) is 1.56. The van der Waals surface area contributed by atoms with Crippen LogP contribution < -0.4 is 0 Å². The number of hydrogen-bond donors (Lipinski definition) is 1. The number of esters is 1. The summed E-state index contributed by atoms with van der Waals surface area (Å²) in [5.74, 6) is -1.17. The standard InChI is InChI=1S/C13H16O4/c1-3-17-13(16)11-5-4-10(9(2)8-11)6-7-12(14)15/h4-5,8H,3,6-7H2,1-2H3,(H,14,15). The van der Waals surface area contributed by atoms with Crippen LogP contribution in [-0.2, 0) is 16.0 Å². The second-order valence-electron chi connectivity index (χ2n) is 3.76. The van der Waals surface area contributed by atoms with Gasteiger partial charge in [-0.25, -0.2) is 4.79 Å². The maximum Gasteiger partial charge on any atom is 0.338 e. The zero-order valence-electron chi connectivity index (χ0n) is 10.0. The van der Waals surface area contributed by atoms with Gasteiger partial charge in [-0.1, -0.05) is 6.07 Å². The van der Waals surface area contributed by atoms with Crippen molar-refractivity contribution in [2.24, 2.45) is 0 Å². The lowest BCUT2D eigenvalue weighted by Crippen LogP contribution is -2.06. The van der Waals surface area contributed by atoms with Gasteiger partial charge in [0.05, 0.1) is 12.2 Å². The minimum atomic E-state index is -0.820. The van der Waals surface area contributed by atoms with Crippen LogP contribution in [0.2, 0.25) is 0 Å². The first kappa shape index (κ1) is 13.2. The molecule has 1 aromatic rings. The van der Waals surface area contributed by atoms with Crippen molar-refractivity contribution < 1.29 is 19.4 Å². The van der Waals surface area contributed by atoms with Gasteiger partial charge in [0.15, 0.2) is 0 Å². The van der Waals surface area contributed by atoms with Crippen molar-refractivity contribution in [2.45, 2.75) is 26.7 Å². The van der Waals surface area contributed by atoms with Crippen LogP contribution in [0, 0.1) is 6.92 Å². The van der Waals surface area contributed by atoms with E-state index in [2.05, 4.69) is 0 Å². The van der Waals surface area contributed by atoms with Crippen LogP contribution in [0.1, 0.15) is 34.8 Å². The second kappa shape index (κ2) is 6.03. The lowest BCUT2D eigenvalue weighted by Gasteiger charge is -2.07. The van der Waals surface area contributed by atoms with Gasteiger partial charge in [-0.2, -0.15) is 0 Å². The van der Waals surface area contributed by atoms with Crippen molar-refractivity contribution in [1.29, 1.82) is 0 Å². The van der Waals surface area contributed by atoms with Crippen LogP contribution in [0.3, 0.4) is 0 Å². The van der Waals surface area contributed by atoms with Gasteiger partial charge in [0, 0.05) is 6.42 Å². The summed E-state index contributed by atoms with van der Waals surface area (Å²) in [6.45, 7) is 3.96. The van der Waals surface area contributed by atoms with E-state index in [4.69, 9.17) is 9.84 Å². The molecule has 0 aliphatic carbocycles. The Balaban J connectivity index is 2.78. The summed E-state index contributed by atoms with van der Waals surface area (Å²) in [5, 5.41) is 8.60. The summed E-state index contributed by atoms with van der Waals surface area (Å²) in [5.41, 5.74) is 2.36. The molecule has 1 N–H and O–H groups in total. The van der Waals surface area contributed by atoms with Crippen LogP contribution in [0.5, 0.6) is 0 Å². The van der Waals surface area contributed by atoms with E-state index in [-0.39, 0.29) is 12.4 Å². The Bertz CT molecular complexity index is 423. The molecule has 0 aliphatic heterocycles. The molecule has 0 fully saturated rings. The van der Waals surface area contributed by atoms with Crippen LogP contribution in [0.15, 0.2) is 18.2 Å². The number of carbonyl (C=O) groups is 2. The monoisotopic (exact) mass is 236 g/mol. The first-order valence-corrected chi connectivity index (χ1v) is 5.53. The van der Waals surface area contributed by atoms with Crippen LogP contribution in [0.4, 0.5) is 0 Å². The fraction of sp³-hybridized carbons (Fsp3) is 0.385. The summed E-state index contributed by atoms with van der Waals surface area (Å²) in [4.78, 5) is 21.9. The first-order chi connectivity index (χ1) is 8.04. The number of aliphatic carboxylic acids is 1. The van der Waals surface area contributed by atoms with Gasteiger partial charge in [0.2, 0.25) is 0 Å². The van der Waals surface area contributed by atoms with Crippen molar-refractivity contribution in [2.75, 3.05) is 6.61 Å². The van der Waals surface area contributed by atoms with E-state index in [1.807, 2.05) is 6.92 Å². The molecule has 1 aromatic carbocycles. The predicted octanol–water partition coefficient (Wildman–Crippen LogP) is 2.19. The maximum absolute atomic E-state index is 11.5. The Morgan fingerprint density at radius 2 is 2.06 bits per heavy atom. The Labute approximate surface area is 100 Å². The van der Waals surface area contributed by atoms with Crippen LogP contribution in [0.25, 0.3) is 0 Å². The van der Waals surface area contributed by atoms with E-state index >= 15 is 0 Å². The van der Waals surface area contributed by atoms with Gasteiger partial charge in [0.1, 0.15) is 0 Å². The molecule has 0 radical (unpaired) electrons. The highest BCUT2D eigenvalue weighted by molar-refractivity contribution is 5.89. The molecule has 0 aromatic heterocycles. The smallest absolute Gasteiger partial charge is 0.338 e. The van der Waals surface area contributed by atoms with Crippen molar-refractivity contribution >= 4 is 11.9 Å². The van der Waals surface area contributed by atoms with E-state index in [0.29, 0.717) is 18.6 Å². The molecule has 0 heterocycles. The Morgan fingerprint density at radius 3 is 2.59 bits per heavy atom. The normalized spacial score (nSPS) is 10.0. The third-order valence-corrected chi connectivity index (χ3v) is 2.46. The molecule has 0 saturated heterocycles. The molecule has 0 bridgehead atoms. The quantitative estimate of drug-likeness (QED) is 0.796. The molecule has 1 rings (SSSR count). The number of ether oxygens (including phenoxy) is 1. The molecule has 4 heteroatoms. The molecular weight excluding hydrogens is 220 g/mol. The van der Waals surface area contributed by atoms with Crippen molar-refractivity contribution in [3.63, 3.8) is 0 Å². The molecule has 0 atom stereocenters. The molecule has 0 unspecified atom stereocenters. The van der Waals surface area contributed by atoms with E-state index in [0.717, 1.165) is 11.1 Å².